The normalized spacial score (nSPS) is 12.5. The summed E-state index contributed by atoms with van der Waals surface area (Å²) in [7, 11) is 0. The number of amides is 3. The lowest BCUT2D eigenvalue weighted by molar-refractivity contribution is -0.139. The monoisotopic (exact) mass is 493 g/mol. The van der Waals surface area contributed by atoms with Crippen LogP contribution < -0.4 is 16.2 Å². The van der Waals surface area contributed by atoms with Crippen LogP contribution in [0.5, 0.6) is 0 Å². The van der Waals surface area contributed by atoms with Gasteiger partial charge in [-0.15, -0.1) is 0 Å². The summed E-state index contributed by atoms with van der Waals surface area (Å²) >= 11 is 17.5. The molecule has 0 bridgehead atoms. The summed E-state index contributed by atoms with van der Waals surface area (Å²) in [6.07, 6.45) is -2.37. The minimum atomic E-state index is -4.60. The van der Waals surface area contributed by atoms with E-state index in [1.807, 2.05) is 0 Å². The molecular weight excluding hydrogens is 478 g/mol. The van der Waals surface area contributed by atoms with Crippen molar-refractivity contribution >= 4 is 52.8 Å². The summed E-state index contributed by atoms with van der Waals surface area (Å²) in [5.74, 6) is -2.55. The summed E-state index contributed by atoms with van der Waals surface area (Å²) in [5, 5.41) is 2.25. The third kappa shape index (κ3) is 7.05. The number of carbonyl (C=O) groups excluding carboxylic acids is 2. The second-order valence-electron chi connectivity index (χ2n) is 6.24. The van der Waals surface area contributed by atoms with Gasteiger partial charge in [-0.2, -0.15) is 13.2 Å². The van der Waals surface area contributed by atoms with Gasteiger partial charge in [-0.25, -0.2) is 10.2 Å². The minimum absolute atomic E-state index is 0.0208. The van der Waals surface area contributed by atoms with E-state index in [2.05, 4.69) is 16.2 Å². The summed E-state index contributed by atoms with van der Waals surface area (Å²) in [5.41, 5.74) is 4.84. The summed E-state index contributed by atoms with van der Waals surface area (Å²) in [6, 6.07) is 7.41. The molecule has 0 saturated heterocycles. The maximum absolute atomic E-state index is 13.6. The average Bonchev–Trinajstić information content (AvgIpc) is 2.70. The zero-order chi connectivity index (χ0) is 23.2. The van der Waals surface area contributed by atoms with Crippen LogP contribution in [0.4, 0.5) is 18.0 Å². The van der Waals surface area contributed by atoms with Gasteiger partial charge in [0.2, 0.25) is 0 Å². The highest BCUT2D eigenvalue weighted by molar-refractivity contribution is 6.48. The number of carbonyl (C=O) groups is 2. The van der Waals surface area contributed by atoms with Gasteiger partial charge in [0.1, 0.15) is 0 Å². The molecule has 1 atom stereocenters. The Labute approximate surface area is 191 Å². The van der Waals surface area contributed by atoms with Gasteiger partial charge in [0.05, 0.1) is 21.0 Å². The summed E-state index contributed by atoms with van der Waals surface area (Å²) < 4.78 is 40.8. The average molecular weight is 495 g/mol. The lowest BCUT2D eigenvalue weighted by Crippen LogP contribution is -2.46. The number of urea groups is 1. The van der Waals surface area contributed by atoms with Crippen molar-refractivity contribution in [3.63, 3.8) is 0 Å². The Hall–Kier alpha value is -2.42. The largest absolute Gasteiger partial charge is 0.399 e. The molecule has 0 fully saturated rings. The molecule has 166 valence electrons. The molecule has 0 aliphatic heterocycles. The predicted molar refractivity (Wildman–Crippen MR) is 115 cm³/mol. The number of halogens is 6. The highest BCUT2D eigenvalue weighted by Gasteiger charge is 2.39. The van der Waals surface area contributed by atoms with Gasteiger partial charge in [0.25, 0.3) is 5.91 Å². The molecule has 0 aliphatic rings. The van der Waals surface area contributed by atoms with Crippen LogP contribution >= 0.6 is 34.8 Å². The van der Waals surface area contributed by atoms with E-state index in [1.54, 1.807) is 6.92 Å². The molecule has 3 N–H and O–H groups in total. The first-order valence-corrected chi connectivity index (χ1v) is 10.00. The second-order valence-corrected chi connectivity index (χ2v) is 7.43. The first-order chi connectivity index (χ1) is 14.5. The van der Waals surface area contributed by atoms with Crippen molar-refractivity contribution < 1.29 is 22.8 Å². The molecule has 0 radical (unpaired) electrons. The molecule has 5 nitrogen and oxygen atoms in total. The molecule has 2 aromatic rings. The van der Waals surface area contributed by atoms with Crippen molar-refractivity contribution in [1.82, 2.24) is 16.2 Å². The molecule has 31 heavy (non-hydrogen) atoms. The predicted octanol–water partition coefficient (Wildman–Crippen LogP) is 5.97. The van der Waals surface area contributed by atoms with E-state index in [4.69, 9.17) is 34.8 Å². The standard InChI is InChI=1S/C20H17Cl3F3N3O2/c1-2-27-19(31)29-28-18(30)12-6-3-11(4-7-12)5-8-14(20(24,25)26)13-9-15(21)17(23)16(22)10-13/h3-10,14H,2H2,1H3,(H,28,30)(H2,27,29,31)/b8-5+. The van der Waals surface area contributed by atoms with Crippen molar-refractivity contribution in [2.45, 2.75) is 19.0 Å². The molecule has 0 heterocycles. The van der Waals surface area contributed by atoms with Crippen LogP contribution in [-0.4, -0.2) is 24.7 Å². The SMILES string of the molecule is CCNC(=O)NNC(=O)c1ccc(/C=C/C(c2cc(Cl)c(Cl)c(Cl)c2)C(F)(F)F)cc1. The molecule has 0 saturated carbocycles. The number of rotatable bonds is 5. The summed E-state index contributed by atoms with van der Waals surface area (Å²) in [4.78, 5) is 23.3. The zero-order valence-electron chi connectivity index (χ0n) is 16.0. The second kappa shape index (κ2) is 10.7. The molecule has 2 rings (SSSR count). The Kier molecular flexibility index (Phi) is 8.61. The first-order valence-electron chi connectivity index (χ1n) is 8.86. The topological polar surface area (TPSA) is 70.2 Å². The number of hydrazine groups is 1. The van der Waals surface area contributed by atoms with Gasteiger partial charge < -0.3 is 5.32 Å². The number of hydrogen-bond acceptors (Lipinski definition) is 2. The van der Waals surface area contributed by atoms with Crippen molar-refractivity contribution in [2.75, 3.05) is 6.54 Å². The molecule has 0 spiro atoms. The number of alkyl halides is 3. The molecule has 0 aliphatic carbocycles. The Balaban J connectivity index is 2.16. The lowest BCUT2D eigenvalue weighted by Gasteiger charge is -2.18. The lowest BCUT2D eigenvalue weighted by atomic mass is 9.97. The van der Waals surface area contributed by atoms with E-state index in [0.717, 1.165) is 18.2 Å². The van der Waals surface area contributed by atoms with E-state index in [0.29, 0.717) is 12.1 Å². The van der Waals surface area contributed by atoms with Crippen LogP contribution in [0, 0.1) is 0 Å². The molecule has 1 unspecified atom stereocenters. The van der Waals surface area contributed by atoms with Gasteiger partial charge in [0.15, 0.2) is 0 Å². The van der Waals surface area contributed by atoms with Crippen LogP contribution in [0.15, 0.2) is 42.5 Å². The molecule has 0 aromatic heterocycles. The molecule has 3 amide bonds. The van der Waals surface area contributed by atoms with Crippen molar-refractivity contribution in [3.8, 4) is 0 Å². The van der Waals surface area contributed by atoms with E-state index in [1.165, 1.54) is 30.3 Å². The zero-order valence-corrected chi connectivity index (χ0v) is 18.3. The van der Waals surface area contributed by atoms with E-state index in [-0.39, 0.29) is 26.2 Å². The minimum Gasteiger partial charge on any atom is -0.337 e. The third-order valence-corrected chi connectivity index (χ3v) is 5.20. The van der Waals surface area contributed by atoms with Crippen molar-refractivity contribution in [2.24, 2.45) is 0 Å². The highest BCUT2D eigenvalue weighted by Crippen LogP contribution is 2.41. The van der Waals surface area contributed by atoms with Gasteiger partial charge in [0, 0.05) is 12.1 Å². The van der Waals surface area contributed by atoms with Gasteiger partial charge >= 0.3 is 12.2 Å². The molecule has 2 aromatic carbocycles. The fraction of sp³-hybridized carbons (Fsp3) is 0.200. The van der Waals surface area contributed by atoms with Crippen LogP contribution in [0.1, 0.15) is 34.3 Å². The Morgan fingerprint density at radius 1 is 1.03 bits per heavy atom. The van der Waals surface area contributed by atoms with E-state index < -0.39 is 24.0 Å². The fourth-order valence-electron chi connectivity index (χ4n) is 2.51. The van der Waals surface area contributed by atoms with Crippen molar-refractivity contribution in [1.29, 1.82) is 0 Å². The Morgan fingerprint density at radius 2 is 1.61 bits per heavy atom. The Morgan fingerprint density at radius 3 is 2.13 bits per heavy atom. The molecule has 11 heteroatoms. The smallest absolute Gasteiger partial charge is 0.337 e. The number of benzene rings is 2. The van der Waals surface area contributed by atoms with Gasteiger partial charge in [-0.05, 0) is 42.3 Å². The first kappa shape index (κ1) is 24.8. The van der Waals surface area contributed by atoms with Crippen molar-refractivity contribution in [3.05, 3.63) is 74.2 Å². The van der Waals surface area contributed by atoms with Crippen LogP contribution in [0.25, 0.3) is 6.08 Å². The number of hydrogen-bond donors (Lipinski definition) is 3. The van der Waals surface area contributed by atoms with Crippen LogP contribution in [0.3, 0.4) is 0 Å². The van der Waals surface area contributed by atoms with Crippen LogP contribution in [0.2, 0.25) is 15.1 Å². The number of allylic oxidation sites excluding steroid dienone is 1. The number of nitrogens with one attached hydrogen (secondary N) is 3. The maximum atomic E-state index is 13.6. The third-order valence-electron chi connectivity index (χ3n) is 4.00. The molecular formula is C20H17Cl3F3N3O2. The quantitative estimate of drug-likeness (QED) is 0.354. The van der Waals surface area contributed by atoms with E-state index in [9.17, 15) is 22.8 Å². The van der Waals surface area contributed by atoms with Gasteiger partial charge in [-0.1, -0.05) is 59.1 Å². The Bertz CT molecular complexity index is 957. The highest BCUT2D eigenvalue weighted by atomic mass is 35.5. The maximum Gasteiger partial charge on any atom is 0.399 e. The fourth-order valence-corrected chi connectivity index (χ4v) is 3.12. The summed E-state index contributed by atoms with van der Waals surface area (Å²) in [6.45, 7) is 2.10. The van der Waals surface area contributed by atoms with Crippen LogP contribution in [-0.2, 0) is 0 Å². The van der Waals surface area contributed by atoms with Gasteiger partial charge in [-0.3, -0.25) is 10.2 Å². The van der Waals surface area contributed by atoms with E-state index >= 15 is 0 Å².